The number of ether oxygens (including phenoxy) is 1. The molecule has 78 valence electrons. The highest BCUT2D eigenvalue weighted by atomic mass is 79.9. The predicted octanol–water partition coefficient (Wildman–Crippen LogP) is 3.52. The Bertz CT molecular complexity index is 283. The highest BCUT2D eigenvalue weighted by Gasteiger charge is 2.10. The Kier molecular flexibility index (Phi) is 5.45. The van der Waals surface area contributed by atoms with Crippen molar-refractivity contribution in [2.24, 2.45) is 0 Å². The molecule has 0 aliphatic heterocycles. The van der Waals surface area contributed by atoms with Crippen LogP contribution in [0.2, 0.25) is 0 Å². The molecule has 0 saturated heterocycles. The fraction of sp³-hybridized carbons (Fsp3) is 0.400. The van der Waals surface area contributed by atoms with Crippen LogP contribution in [0.4, 0.5) is 4.39 Å². The van der Waals surface area contributed by atoms with E-state index in [9.17, 15) is 4.39 Å². The minimum absolute atomic E-state index is 0.135. The lowest BCUT2D eigenvalue weighted by Gasteiger charge is -2.14. The summed E-state index contributed by atoms with van der Waals surface area (Å²) < 4.78 is 18.3. The molecular formula is C10H11BrClFO. The molecule has 1 aromatic carbocycles. The minimum Gasteiger partial charge on any atom is -0.371 e. The van der Waals surface area contributed by atoms with Crippen LogP contribution in [-0.2, 0) is 4.74 Å². The smallest absolute Gasteiger partial charge is 0.123 e. The Morgan fingerprint density at radius 2 is 2.29 bits per heavy atom. The van der Waals surface area contributed by atoms with E-state index in [2.05, 4.69) is 15.9 Å². The summed E-state index contributed by atoms with van der Waals surface area (Å²) in [6, 6.07) is 6.39. The minimum atomic E-state index is -0.247. The fourth-order valence-corrected chi connectivity index (χ4v) is 1.77. The number of rotatable bonds is 5. The van der Waals surface area contributed by atoms with Crippen LogP contribution in [0.15, 0.2) is 24.3 Å². The molecule has 0 spiro atoms. The van der Waals surface area contributed by atoms with E-state index in [1.807, 2.05) is 6.07 Å². The van der Waals surface area contributed by atoms with E-state index < -0.39 is 0 Å². The summed E-state index contributed by atoms with van der Waals surface area (Å²) in [4.78, 5) is 0. The highest BCUT2D eigenvalue weighted by Crippen LogP contribution is 2.20. The molecule has 0 radical (unpaired) electrons. The Morgan fingerprint density at radius 1 is 1.50 bits per heavy atom. The van der Waals surface area contributed by atoms with Gasteiger partial charge in [0.2, 0.25) is 0 Å². The number of benzene rings is 1. The summed E-state index contributed by atoms with van der Waals surface area (Å²) in [6.45, 7) is 0.467. The van der Waals surface area contributed by atoms with Gasteiger partial charge in [-0.25, -0.2) is 4.39 Å². The first-order valence-electron chi connectivity index (χ1n) is 4.27. The second kappa shape index (κ2) is 6.38. The van der Waals surface area contributed by atoms with Gasteiger partial charge in [0, 0.05) is 11.2 Å². The summed E-state index contributed by atoms with van der Waals surface area (Å²) in [5, 5.41) is 0.632. The molecule has 1 aromatic rings. The van der Waals surface area contributed by atoms with E-state index in [4.69, 9.17) is 16.3 Å². The van der Waals surface area contributed by atoms with E-state index in [0.29, 0.717) is 17.8 Å². The van der Waals surface area contributed by atoms with Crippen LogP contribution in [0.5, 0.6) is 0 Å². The molecule has 0 aliphatic rings. The van der Waals surface area contributed by atoms with Crippen LogP contribution >= 0.6 is 27.5 Å². The van der Waals surface area contributed by atoms with Crippen molar-refractivity contribution >= 4 is 27.5 Å². The van der Waals surface area contributed by atoms with Gasteiger partial charge in [-0.1, -0.05) is 28.1 Å². The molecule has 0 bridgehead atoms. The van der Waals surface area contributed by atoms with Crippen molar-refractivity contribution in [2.45, 2.75) is 6.10 Å². The van der Waals surface area contributed by atoms with Crippen molar-refractivity contribution < 1.29 is 9.13 Å². The summed E-state index contributed by atoms with van der Waals surface area (Å²) in [7, 11) is 0. The molecular weight excluding hydrogens is 270 g/mol. The molecule has 0 heterocycles. The van der Waals surface area contributed by atoms with Gasteiger partial charge >= 0.3 is 0 Å². The lowest BCUT2D eigenvalue weighted by molar-refractivity contribution is 0.0819. The Labute approximate surface area is 96.3 Å². The standard InChI is InChI=1S/C10H11BrClFO/c11-7-10(14-5-4-12)8-2-1-3-9(13)6-8/h1-3,6,10H,4-5,7H2. The fourth-order valence-electron chi connectivity index (χ4n) is 1.12. The molecule has 0 aromatic heterocycles. The number of alkyl halides is 2. The topological polar surface area (TPSA) is 9.23 Å². The summed E-state index contributed by atoms with van der Waals surface area (Å²) in [5.74, 6) is 0.196. The first-order chi connectivity index (χ1) is 6.77. The van der Waals surface area contributed by atoms with E-state index in [-0.39, 0.29) is 11.9 Å². The number of hydrogen-bond acceptors (Lipinski definition) is 1. The third-order valence-electron chi connectivity index (χ3n) is 1.76. The first-order valence-corrected chi connectivity index (χ1v) is 5.92. The van der Waals surface area contributed by atoms with E-state index >= 15 is 0 Å². The van der Waals surface area contributed by atoms with Gasteiger partial charge in [-0.15, -0.1) is 11.6 Å². The van der Waals surface area contributed by atoms with Gasteiger partial charge in [0.15, 0.2) is 0 Å². The van der Waals surface area contributed by atoms with Gasteiger partial charge in [-0.2, -0.15) is 0 Å². The molecule has 0 amide bonds. The second-order valence-electron chi connectivity index (χ2n) is 2.76. The Morgan fingerprint density at radius 3 is 2.86 bits per heavy atom. The third-order valence-corrected chi connectivity index (χ3v) is 2.50. The molecule has 4 heteroatoms. The molecule has 0 fully saturated rings. The summed E-state index contributed by atoms with van der Waals surface area (Å²) in [6.07, 6.45) is -0.135. The molecule has 0 N–H and O–H groups in total. The van der Waals surface area contributed by atoms with Crippen LogP contribution in [0.1, 0.15) is 11.7 Å². The average molecular weight is 282 g/mol. The lowest BCUT2D eigenvalue weighted by atomic mass is 10.1. The zero-order chi connectivity index (χ0) is 10.4. The molecule has 1 atom stereocenters. The van der Waals surface area contributed by atoms with Crippen molar-refractivity contribution in [3.05, 3.63) is 35.6 Å². The molecule has 1 rings (SSSR count). The predicted molar refractivity (Wildman–Crippen MR) is 59.6 cm³/mol. The van der Waals surface area contributed by atoms with Crippen LogP contribution < -0.4 is 0 Å². The highest BCUT2D eigenvalue weighted by molar-refractivity contribution is 9.09. The normalized spacial score (nSPS) is 12.8. The quantitative estimate of drug-likeness (QED) is 0.751. The zero-order valence-corrected chi connectivity index (χ0v) is 9.89. The van der Waals surface area contributed by atoms with Gasteiger partial charge in [-0.05, 0) is 17.7 Å². The summed E-state index contributed by atoms with van der Waals surface area (Å²) in [5.41, 5.74) is 0.826. The maximum Gasteiger partial charge on any atom is 0.123 e. The van der Waals surface area contributed by atoms with Crippen molar-refractivity contribution in [3.63, 3.8) is 0 Å². The van der Waals surface area contributed by atoms with Crippen LogP contribution in [0.25, 0.3) is 0 Å². The molecule has 1 unspecified atom stereocenters. The SMILES string of the molecule is Fc1cccc(C(CBr)OCCCl)c1. The largest absolute Gasteiger partial charge is 0.371 e. The van der Waals surface area contributed by atoms with Gasteiger partial charge in [0.05, 0.1) is 12.7 Å². The lowest BCUT2D eigenvalue weighted by Crippen LogP contribution is -2.07. The second-order valence-corrected chi connectivity index (χ2v) is 3.78. The van der Waals surface area contributed by atoms with Crippen molar-refractivity contribution in [1.29, 1.82) is 0 Å². The van der Waals surface area contributed by atoms with E-state index in [0.717, 1.165) is 5.56 Å². The van der Waals surface area contributed by atoms with Crippen molar-refractivity contribution in [3.8, 4) is 0 Å². The van der Waals surface area contributed by atoms with E-state index in [1.54, 1.807) is 6.07 Å². The maximum atomic E-state index is 12.9. The van der Waals surface area contributed by atoms with Crippen LogP contribution in [0.3, 0.4) is 0 Å². The van der Waals surface area contributed by atoms with Gasteiger partial charge in [-0.3, -0.25) is 0 Å². The van der Waals surface area contributed by atoms with Crippen molar-refractivity contribution in [1.82, 2.24) is 0 Å². The monoisotopic (exact) mass is 280 g/mol. The molecule has 1 nitrogen and oxygen atoms in total. The first kappa shape index (κ1) is 12.0. The van der Waals surface area contributed by atoms with Gasteiger partial charge < -0.3 is 4.74 Å². The third kappa shape index (κ3) is 3.56. The van der Waals surface area contributed by atoms with Crippen LogP contribution in [0, 0.1) is 5.82 Å². The number of halogens is 3. The Hall–Kier alpha value is -0.120. The molecule has 14 heavy (non-hydrogen) atoms. The number of hydrogen-bond donors (Lipinski definition) is 0. The zero-order valence-electron chi connectivity index (χ0n) is 7.55. The van der Waals surface area contributed by atoms with Gasteiger partial charge in [0.25, 0.3) is 0 Å². The molecule has 0 saturated carbocycles. The van der Waals surface area contributed by atoms with Crippen molar-refractivity contribution in [2.75, 3.05) is 17.8 Å². The summed E-state index contributed by atoms with van der Waals surface area (Å²) >= 11 is 8.82. The maximum absolute atomic E-state index is 12.9. The van der Waals surface area contributed by atoms with Gasteiger partial charge in [0.1, 0.15) is 5.82 Å². The molecule has 0 aliphatic carbocycles. The average Bonchev–Trinajstić information content (AvgIpc) is 2.19. The van der Waals surface area contributed by atoms with Crippen LogP contribution in [-0.4, -0.2) is 17.8 Å². The van der Waals surface area contributed by atoms with E-state index in [1.165, 1.54) is 12.1 Å². The Balaban J connectivity index is 2.68.